The van der Waals surface area contributed by atoms with Crippen molar-refractivity contribution in [3.05, 3.63) is 0 Å². The Morgan fingerprint density at radius 1 is 1.50 bits per heavy atom. The lowest BCUT2D eigenvalue weighted by Crippen LogP contribution is -2.44. The first kappa shape index (κ1) is 13.0. The van der Waals surface area contributed by atoms with Crippen molar-refractivity contribution in [2.75, 3.05) is 18.6 Å². The summed E-state index contributed by atoms with van der Waals surface area (Å²) in [5, 5.41) is 4.79. The van der Waals surface area contributed by atoms with Gasteiger partial charge in [-0.05, 0) is 18.4 Å². The van der Waals surface area contributed by atoms with Gasteiger partial charge in [0.1, 0.15) is 12.3 Å². The lowest BCUT2D eigenvalue weighted by atomic mass is 10.2. The van der Waals surface area contributed by atoms with E-state index >= 15 is 0 Å². The first-order valence-electron chi connectivity index (χ1n) is 4.16. The molecule has 0 spiro atoms. The second-order valence-electron chi connectivity index (χ2n) is 2.53. The molecule has 0 aromatic heterocycles. The molecule has 0 aliphatic rings. The van der Waals surface area contributed by atoms with Gasteiger partial charge in [0.15, 0.2) is 0 Å². The first-order valence-corrected chi connectivity index (χ1v) is 5.55. The van der Waals surface area contributed by atoms with Gasteiger partial charge in [0.2, 0.25) is 12.3 Å². The highest BCUT2D eigenvalue weighted by molar-refractivity contribution is 7.98. The predicted molar refractivity (Wildman–Crippen MR) is 55.1 cm³/mol. The highest BCUT2D eigenvalue weighted by Crippen LogP contribution is 2.00. The quantitative estimate of drug-likeness (QED) is 0.521. The monoisotopic (exact) mass is 218 g/mol. The molecule has 0 rings (SSSR count). The molecular formula is C8H14N2O3S. The second kappa shape index (κ2) is 8.55. The molecule has 0 heterocycles. The molecule has 80 valence electrons. The van der Waals surface area contributed by atoms with Crippen molar-refractivity contribution in [1.29, 1.82) is 0 Å². The largest absolute Gasteiger partial charge is 0.348 e. The minimum atomic E-state index is -0.542. The summed E-state index contributed by atoms with van der Waals surface area (Å²) in [6.07, 6.45) is 3.57. The van der Waals surface area contributed by atoms with Crippen molar-refractivity contribution in [2.45, 2.75) is 12.5 Å². The maximum Gasteiger partial charge on any atom is 0.242 e. The molecule has 5 nitrogen and oxygen atoms in total. The minimum Gasteiger partial charge on any atom is -0.348 e. The molecule has 0 aliphatic carbocycles. The van der Waals surface area contributed by atoms with Crippen molar-refractivity contribution >= 4 is 30.4 Å². The Hall–Kier alpha value is -1.04. The van der Waals surface area contributed by atoms with Gasteiger partial charge in [-0.15, -0.1) is 0 Å². The van der Waals surface area contributed by atoms with Crippen LogP contribution in [0.4, 0.5) is 0 Å². The van der Waals surface area contributed by atoms with E-state index < -0.39 is 6.04 Å². The van der Waals surface area contributed by atoms with Crippen LogP contribution in [-0.2, 0) is 14.4 Å². The van der Waals surface area contributed by atoms with Crippen LogP contribution in [-0.4, -0.2) is 43.2 Å². The van der Waals surface area contributed by atoms with E-state index in [0.29, 0.717) is 19.1 Å². The van der Waals surface area contributed by atoms with Gasteiger partial charge >= 0.3 is 0 Å². The summed E-state index contributed by atoms with van der Waals surface area (Å²) in [5.41, 5.74) is 0. The maximum absolute atomic E-state index is 11.3. The average molecular weight is 218 g/mol. The van der Waals surface area contributed by atoms with Crippen molar-refractivity contribution in [1.82, 2.24) is 10.6 Å². The van der Waals surface area contributed by atoms with Crippen LogP contribution in [0.15, 0.2) is 0 Å². The number of aldehydes is 1. The fourth-order valence-electron chi connectivity index (χ4n) is 0.873. The third kappa shape index (κ3) is 5.58. The molecule has 1 atom stereocenters. The van der Waals surface area contributed by atoms with Gasteiger partial charge in [0.25, 0.3) is 0 Å². The van der Waals surface area contributed by atoms with Crippen molar-refractivity contribution in [3.63, 3.8) is 0 Å². The SMILES string of the molecule is CSCCC(NC=O)C(=O)NCC=O. The minimum absolute atomic E-state index is 0.0187. The second-order valence-corrected chi connectivity index (χ2v) is 3.52. The molecule has 0 aromatic carbocycles. The Bertz CT molecular complexity index is 199. The molecule has 0 radical (unpaired) electrons. The molecule has 2 N–H and O–H groups in total. The van der Waals surface area contributed by atoms with E-state index in [-0.39, 0.29) is 12.5 Å². The van der Waals surface area contributed by atoms with Gasteiger partial charge in [0, 0.05) is 0 Å². The van der Waals surface area contributed by atoms with E-state index in [9.17, 15) is 14.4 Å². The van der Waals surface area contributed by atoms with E-state index in [2.05, 4.69) is 10.6 Å². The zero-order valence-corrected chi connectivity index (χ0v) is 8.80. The van der Waals surface area contributed by atoms with E-state index in [1.807, 2.05) is 6.26 Å². The molecule has 14 heavy (non-hydrogen) atoms. The summed E-state index contributed by atoms with van der Waals surface area (Å²) < 4.78 is 0. The van der Waals surface area contributed by atoms with Gasteiger partial charge in [0.05, 0.1) is 6.54 Å². The first-order chi connectivity index (χ1) is 6.76. The Morgan fingerprint density at radius 3 is 2.71 bits per heavy atom. The van der Waals surface area contributed by atoms with E-state index in [1.165, 1.54) is 0 Å². The molecule has 1 unspecified atom stereocenters. The summed E-state index contributed by atoms with van der Waals surface area (Å²) in [7, 11) is 0. The van der Waals surface area contributed by atoms with Gasteiger partial charge in [-0.25, -0.2) is 0 Å². The van der Waals surface area contributed by atoms with Gasteiger partial charge < -0.3 is 15.4 Å². The predicted octanol–water partition coefficient (Wildman–Crippen LogP) is -0.831. The normalized spacial score (nSPS) is 11.5. The van der Waals surface area contributed by atoms with E-state index in [0.717, 1.165) is 5.75 Å². The van der Waals surface area contributed by atoms with Crippen LogP contribution >= 0.6 is 11.8 Å². The molecule has 0 fully saturated rings. The number of amides is 2. The third-order valence-corrected chi connectivity index (χ3v) is 2.20. The number of thioether (sulfide) groups is 1. The Balaban J connectivity index is 3.95. The van der Waals surface area contributed by atoms with Crippen molar-refractivity contribution in [2.24, 2.45) is 0 Å². The van der Waals surface area contributed by atoms with Crippen molar-refractivity contribution < 1.29 is 14.4 Å². The number of rotatable bonds is 8. The molecule has 2 amide bonds. The lowest BCUT2D eigenvalue weighted by Gasteiger charge is -2.13. The van der Waals surface area contributed by atoms with Crippen LogP contribution in [0.5, 0.6) is 0 Å². The molecule has 0 saturated carbocycles. The van der Waals surface area contributed by atoms with E-state index in [4.69, 9.17) is 0 Å². The number of carbonyl (C=O) groups is 3. The molecule has 6 heteroatoms. The van der Waals surface area contributed by atoms with Crippen LogP contribution in [0.2, 0.25) is 0 Å². The fraction of sp³-hybridized carbons (Fsp3) is 0.625. The number of nitrogens with one attached hydrogen (secondary N) is 2. The number of carbonyl (C=O) groups excluding carboxylic acids is 3. The smallest absolute Gasteiger partial charge is 0.242 e. The number of hydrogen-bond donors (Lipinski definition) is 2. The summed E-state index contributed by atoms with van der Waals surface area (Å²) in [5.74, 6) is 0.457. The summed E-state index contributed by atoms with van der Waals surface area (Å²) in [4.78, 5) is 31.5. The Morgan fingerprint density at radius 2 is 2.21 bits per heavy atom. The van der Waals surface area contributed by atoms with Crippen LogP contribution in [0.3, 0.4) is 0 Å². The van der Waals surface area contributed by atoms with Crippen LogP contribution in [0.25, 0.3) is 0 Å². The zero-order valence-electron chi connectivity index (χ0n) is 7.99. The van der Waals surface area contributed by atoms with Gasteiger partial charge in [-0.3, -0.25) is 9.59 Å². The summed E-state index contributed by atoms with van der Waals surface area (Å²) in [6.45, 7) is -0.0187. The summed E-state index contributed by atoms with van der Waals surface area (Å²) >= 11 is 1.59. The number of hydrogen-bond acceptors (Lipinski definition) is 4. The van der Waals surface area contributed by atoms with Crippen LogP contribution < -0.4 is 10.6 Å². The lowest BCUT2D eigenvalue weighted by molar-refractivity contribution is -0.126. The standard InChI is InChI=1S/C8H14N2O3S/c1-14-5-2-7(10-6-12)8(13)9-3-4-11/h4,6-7H,2-3,5H2,1H3,(H,9,13)(H,10,12). The van der Waals surface area contributed by atoms with Crippen molar-refractivity contribution in [3.8, 4) is 0 Å². The fourth-order valence-corrected chi connectivity index (χ4v) is 1.34. The molecule has 0 saturated heterocycles. The van der Waals surface area contributed by atoms with Crippen LogP contribution in [0.1, 0.15) is 6.42 Å². The maximum atomic E-state index is 11.3. The van der Waals surface area contributed by atoms with Crippen LogP contribution in [0, 0.1) is 0 Å². The molecule has 0 aliphatic heterocycles. The van der Waals surface area contributed by atoms with Gasteiger partial charge in [-0.1, -0.05) is 0 Å². The Kier molecular flexibility index (Phi) is 7.92. The third-order valence-electron chi connectivity index (χ3n) is 1.56. The average Bonchev–Trinajstić information content (AvgIpc) is 2.20. The highest BCUT2D eigenvalue weighted by atomic mass is 32.2. The molecule has 0 aromatic rings. The zero-order chi connectivity index (χ0) is 10.8. The topological polar surface area (TPSA) is 75.3 Å². The highest BCUT2D eigenvalue weighted by Gasteiger charge is 2.15. The summed E-state index contributed by atoms with van der Waals surface area (Å²) in [6, 6.07) is -0.542. The Labute approximate surface area is 87.0 Å². The molecule has 0 bridgehead atoms. The van der Waals surface area contributed by atoms with Gasteiger partial charge in [-0.2, -0.15) is 11.8 Å². The van der Waals surface area contributed by atoms with E-state index in [1.54, 1.807) is 11.8 Å². The molecular weight excluding hydrogens is 204 g/mol.